The first-order chi connectivity index (χ1) is 15.5. The number of benzene rings is 2. The molecule has 2 aromatic carbocycles. The van der Waals surface area contributed by atoms with E-state index in [-0.39, 0.29) is 34.8 Å². The number of primary amides is 1. The van der Waals surface area contributed by atoms with Gasteiger partial charge in [-0.3, -0.25) is 5.21 Å². The maximum absolute atomic E-state index is 12.7. The number of nitrogens with zero attached hydrogens (tertiary/aromatic N) is 2. The number of hydrogen-bond acceptors (Lipinski definition) is 5. The van der Waals surface area contributed by atoms with Gasteiger partial charge in [-0.25, -0.2) is 14.8 Å². The van der Waals surface area contributed by atoms with Crippen molar-refractivity contribution in [2.45, 2.75) is 26.1 Å². The van der Waals surface area contributed by atoms with Crippen molar-refractivity contribution in [1.29, 1.82) is 0 Å². The molecule has 3 aromatic rings. The fraction of sp³-hybridized carbons (Fsp3) is 0.238. The summed E-state index contributed by atoms with van der Waals surface area (Å²) in [6.45, 7) is 1.61. The molecule has 0 bridgehead atoms. The number of amides is 2. The Morgan fingerprint density at radius 2 is 1.82 bits per heavy atom. The molecular formula is C21H18Cl2F3N3O4. The fourth-order valence-electron chi connectivity index (χ4n) is 2.93. The maximum Gasteiger partial charge on any atom is 0.416 e. The number of nitrogens with two attached hydrogens (primary N) is 1. The van der Waals surface area contributed by atoms with E-state index in [1.165, 1.54) is 24.3 Å². The summed E-state index contributed by atoms with van der Waals surface area (Å²) in [6.07, 6.45) is -4.11. The minimum Gasteiger partial charge on any atom is -0.490 e. The smallest absolute Gasteiger partial charge is 0.416 e. The van der Waals surface area contributed by atoms with Gasteiger partial charge >= 0.3 is 12.2 Å². The van der Waals surface area contributed by atoms with Crippen LogP contribution in [-0.4, -0.2) is 27.9 Å². The number of aryl methyl sites for hydroxylation is 1. The highest BCUT2D eigenvalue weighted by Crippen LogP contribution is 2.35. The monoisotopic (exact) mass is 503 g/mol. The van der Waals surface area contributed by atoms with Crippen LogP contribution in [-0.2, 0) is 19.1 Å². The van der Waals surface area contributed by atoms with Crippen LogP contribution in [0, 0.1) is 6.92 Å². The molecule has 0 saturated carbocycles. The van der Waals surface area contributed by atoms with Crippen LogP contribution in [0.15, 0.2) is 40.8 Å². The van der Waals surface area contributed by atoms with Crippen LogP contribution in [0.3, 0.4) is 0 Å². The quantitative estimate of drug-likeness (QED) is 0.310. The summed E-state index contributed by atoms with van der Waals surface area (Å²) in [5.74, 6) is 0.893. The lowest BCUT2D eigenvalue weighted by molar-refractivity contribution is -0.137. The Balaban J connectivity index is 1.65. The summed E-state index contributed by atoms with van der Waals surface area (Å²) >= 11 is 12.4. The van der Waals surface area contributed by atoms with Crippen molar-refractivity contribution in [1.82, 2.24) is 10.0 Å². The standard InChI is InChI=1S/C21H18Cl2F3N3O4/c1-11-17(28-19(33-11)13-2-4-14(5-3-13)21(24,25)26)6-7-32-18-15(22)8-12(9-16(18)23)10-29(31)20(27)30/h2-5,8-9,31H,6-7,10H2,1H3,(H2,27,30). The normalized spacial score (nSPS) is 11.5. The van der Waals surface area contributed by atoms with Crippen LogP contribution >= 0.6 is 23.2 Å². The van der Waals surface area contributed by atoms with Gasteiger partial charge in [0.1, 0.15) is 5.76 Å². The van der Waals surface area contributed by atoms with E-state index in [2.05, 4.69) is 4.98 Å². The first-order valence-corrected chi connectivity index (χ1v) is 10.2. The van der Waals surface area contributed by atoms with Crippen molar-refractivity contribution >= 4 is 29.2 Å². The van der Waals surface area contributed by atoms with Gasteiger partial charge in [-0.1, -0.05) is 23.2 Å². The zero-order valence-corrected chi connectivity index (χ0v) is 18.6. The van der Waals surface area contributed by atoms with E-state index in [0.29, 0.717) is 34.1 Å². The van der Waals surface area contributed by atoms with Gasteiger partial charge < -0.3 is 14.9 Å². The van der Waals surface area contributed by atoms with Gasteiger partial charge in [-0.05, 0) is 48.9 Å². The van der Waals surface area contributed by atoms with Crippen LogP contribution in [0.1, 0.15) is 22.6 Å². The number of carbonyl (C=O) groups is 1. The Morgan fingerprint density at radius 1 is 1.21 bits per heavy atom. The molecule has 1 heterocycles. The van der Waals surface area contributed by atoms with Gasteiger partial charge in [0, 0.05) is 12.0 Å². The second-order valence-corrected chi connectivity index (χ2v) is 7.79. The Labute approximate surface area is 196 Å². The molecule has 33 heavy (non-hydrogen) atoms. The molecule has 1 aromatic heterocycles. The summed E-state index contributed by atoms with van der Waals surface area (Å²) in [7, 11) is 0. The fourth-order valence-corrected chi connectivity index (χ4v) is 3.57. The van der Waals surface area contributed by atoms with E-state index in [0.717, 1.165) is 12.1 Å². The lowest BCUT2D eigenvalue weighted by Gasteiger charge is -2.15. The Hall–Kier alpha value is -2.95. The van der Waals surface area contributed by atoms with Crippen LogP contribution in [0.5, 0.6) is 5.75 Å². The number of carbonyl (C=O) groups excluding carboxylic acids is 1. The van der Waals surface area contributed by atoms with Crippen LogP contribution in [0.4, 0.5) is 18.0 Å². The van der Waals surface area contributed by atoms with Crippen molar-refractivity contribution < 1.29 is 32.3 Å². The van der Waals surface area contributed by atoms with Crippen LogP contribution in [0.2, 0.25) is 10.0 Å². The molecule has 0 spiro atoms. The molecule has 0 aliphatic rings. The molecule has 0 aliphatic carbocycles. The van der Waals surface area contributed by atoms with E-state index >= 15 is 0 Å². The third-order valence-corrected chi connectivity index (χ3v) is 5.14. The molecule has 3 N–H and O–H groups in total. The Bertz CT molecular complexity index is 1130. The number of hydroxylamine groups is 2. The maximum atomic E-state index is 12.7. The van der Waals surface area contributed by atoms with Crippen molar-refractivity contribution in [3.05, 3.63) is 69.0 Å². The zero-order valence-electron chi connectivity index (χ0n) is 17.1. The van der Waals surface area contributed by atoms with E-state index in [1.54, 1.807) is 6.92 Å². The van der Waals surface area contributed by atoms with Gasteiger partial charge in [0.25, 0.3) is 0 Å². The zero-order chi connectivity index (χ0) is 24.3. The molecule has 2 amide bonds. The number of rotatable bonds is 7. The molecule has 176 valence electrons. The average molecular weight is 504 g/mol. The predicted molar refractivity (Wildman–Crippen MR) is 114 cm³/mol. The number of aromatic nitrogens is 1. The molecule has 7 nitrogen and oxygen atoms in total. The van der Waals surface area contributed by atoms with Crippen molar-refractivity contribution in [2.75, 3.05) is 6.61 Å². The van der Waals surface area contributed by atoms with Crippen molar-refractivity contribution in [2.24, 2.45) is 5.73 Å². The largest absolute Gasteiger partial charge is 0.490 e. The highest BCUT2D eigenvalue weighted by atomic mass is 35.5. The molecule has 0 saturated heterocycles. The molecule has 0 atom stereocenters. The van der Waals surface area contributed by atoms with Gasteiger partial charge in [-0.2, -0.15) is 13.2 Å². The Kier molecular flexibility index (Phi) is 7.41. The molecule has 12 heteroatoms. The second kappa shape index (κ2) is 9.90. The molecule has 3 rings (SSSR count). The highest BCUT2D eigenvalue weighted by molar-refractivity contribution is 6.37. The lowest BCUT2D eigenvalue weighted by Crippen LogP contribution is -2.32. The molecule has 0 unspecified atom stereocenters. The van der Waals surface area contributed by atoms with E-state index in [1.807, 2.05) is 0 Å². The van der Waals surface area contributed by atoms with E-state index < -0.39 is 17.8 Å². The number of urea groups is 1. The van der Waals surface area contributed by atoms with Gasteiger partial charge in [-0.15, -0.1) is 0 Å². The summed E-state index contributed by atoms with van der Waals surface area (Å²) < 4.78 is 49.4. The number of alkyl halides is 3. The van der Waals surface area contributed by atoms with E-state index in [4.69, 9.17) is 38.1 Å². The number of hydrogen-bond donors (Lipinski definition) is 2. The number of halogens is 5. The van der Waals surface area contributed by atoms with Crippen molar-refractivity contribution in [3.63, 3.8) is 0 Å². The SMILES string of the molecule is Cc1oc(-c2ccc(C(F)(F)F)cc2)nc1CCOc1c(Cl)cc(CN(O)C(N)=O)cc1Cl. The molecule has 0 fully saturated rings. The summed E-state index contributed by atoms with van der Waals surface area (Å²) in [5.41, 5.74) is 5.62. The van der Waals surface area contributed by atoms with Crippen LogP contribution in [0.25, 0.3) is 11.5 Å². The highest BCUT2D eigenvalue weighted by Gasteiger charge is 2.30. The predicted octanol–water partition coefficient (Wildman–Crippen LogP) is 5.87. The summed E-state index contributed by atoms with van der Waals surface area (Å²) in [5, 5.41) is 10.1. The third kappa shape index (κ3) is 6.10. The summed E-state index contributed by atoms with van der Waals surface area (Å²) in [6, 6.07) is 6.43. The van der Waals surface area contributed by atoms with Crippen molar-refractivity contribution in [3.8, 4) is 17.2 Å². The Morgan fingerprint density at radius 3 is 2.36 bits per heavy atom. The summed E-state index contributed by atoms with van der Waals surface area (Å²) in [4.78, 5) is 15.3. The second-order valence-electron chi connectivity index (χ2n) is 6.98. The topological polar surface area (TPSA) is 102 Å². The number of ether oxygens (including phenoxy) is 1. The molecule has 0 aliphatic heterocycles. The molecular weight excluding hydrogens is 486 g/mol. The van der Waals surface area contributed by atoms with Crippen LogP contribution < -0.4 is 10.5 Å². The minimum atomic E-state index is -4.42. The minimum absolute atomic E-state index is 0.131. The van der Waals surface area contributed by atoms with Gasteiger partial charge in [0.05, 0.1) is 34.5 Å². The average Bonchev–Trinajstić information content (AvgIpc) is 3.10. The molecule has 0 radical (unpaired) electrons. The van der Waals surface area contributed by atoms with Gasteiger partial charge in [0.2, 0.25) is 5.89 Å². The van der Waals surface area contributed by atoms with Gasteiger partial charge in [0.15, 0.2) is 5.75 Å². The first kappa shape index (κ1) is 24.7. The number of oxazole rings is 1. The van der Waals surface area contributed by atoms with E-state index in [9.17, 15) is 23.2 Å². The third-order valence-electron chi connectivity index (χ3n) is 4.58. The first-order valence-electron chi connectivity index (χ1n) is 9.46. The lowest BCUT2D eigenvalue weighted by atomic mass is 10.1.